The van der Waals surface area contributed by atoms with E-state index in [2.05, 4.69) is 45.9 Å². The molecule has 0 N–H and O–H groups in total. The van der Waals surface area contributed by atoms with E-state index >= 15 is 0 Å². The van der Waals surface area contributed by atoms with Gasteiger partial charge < -0.3 is 24.8 Å². The molecule has 18 heavy (non-hydrogen) atoms. The molecule has 0 aliphatic heterocycles. The topological polar surface area (TPSA) is 0 Å². The van der Waals surface area contributed by atoms with Crippen LogP contribution in [-0.4, -0.2) is 0 Å². The van der Waals surface area contributed by atoms with Crippen LogP contribution in [-0.2, 0) is 24.7 Å². The average Bonchev–Trinajstić information content (AvgIpc) is 2.69. The van der Waals surface area contributed by atoms with Crippen molar-refractivity contribution in [2.24, 2.45) is 10.8 Å². The largest absolute Gasteiger partial charge is 1.00 e. The minimum absolute atomic E-state index is 0. The second-order valence-corrected chi connectivity index (χ2v) is 9.40. The van der Waals surface area contributed by atoms with E-state index in [1.54, 1.807) is 30.3 Å². The Balaban J connectivity index is 0.00000144. The molecular weight excluding hydrogens is 342 g/mol. The summed E-state index contributed by atoms with van der Waals surface area (Å²) < 4.78 is 0.364. The van der Waals surface area contributed by atoms with Crippen molar-refractivity contribution in [3.8, 4) is 0 Å². The first kappa shape index (κ1) is 18.9. The first-order valence-corrected chi connectivity index (χ1v) is 7.67. The van der Waals surface area contributed by atoms with Crippen LogP contribution in [0.4, 0.5) is 0 Å². The standard InChI is InChI=1S/C15H23.2ClH.Zr/c1-12-7-8-13(11-12)15(14(2,3)4)9-5-6-10-15;;;/h7-8,11H,5-6,9-10H2,1-4H3;2*1H;/q;;;+2/p-2. The van der Waals surface area contributed by atoms with E-state index in [0.717, 1.165) is 0 Å². The van der Waals surface area contributed by atoms with Crippen molar-refractivity contribution in [2.45, 2.75) is 56.5 Å². The molecule has 0 amide bonds. The first-order valence-electron chi connectivity index (χ1n) is 6.45. The Morgan fingerprint density at radius 2 is 1.61 bits per heavy atom. The Bertz CT molecular complexity index is 342. The Morgan fingerprint density at radius 1 is 1.11 bits per heavy atom. The van der Waals surface area contributed by atoms with Crippen LogP contribution < -0.4 is 24.8 Å². The van der Waals surface area contributed by atoms with E-state index in [1.807, 2.05) is 0 Å². The Morgan fingerprint density at radius 3 is 1.94 bits per heavy atom. The van der Waals surface area contributed by atoms with Crippen LogP contribution in [0.5, 0.6) is 0 Å². The predicted octanol–water partition coefficient (Wildman–Crippen LogP) is -1.18. The van der Waals surface area contributed by atoms with E-state index in [4.69, 9.17) is 0 Å². The fraction of sp³-hybridized carbons (Fsp3) is 0.733. The van der Waals surface area contributed by atoms with Gasteiger partial charge in [0.15, 0.2) is 0 Å². The Hall–Kier alpha value is 0.943. The molecule has 1 atom stereocenters. The van der Waals surface area contributed by atoms with Crippen LogP contribution in [0.1, 0.15) is 53.4 Å². The number of halogens is 2. The van der Waals surface area contributed by atoms with Gasteiger partial charge in [-0.05, 0) is 0 Å². The van der Waals surface area contributed by atoms with Crippen molar-refractivity contribution in [1.29, 1.82) is 0 Å². The summed E-state index contributed by atoms with van der Waals surface area (Å²) >= 11 is 1.61. The van der Waals surface area contributed by atoms with Gasteiger partial charge in [-0.3, -0.25) is 0 Å². The molecule has 3 heteroatoms. The molecule has 0 aromatic heterocycles. The van der Waals surface area contributed by atoms with E-state index in [-0.39, 0.29) is 24.8 Å². The van der Waals surface area contributed by atoms with Gasteiger partial charge in [-0.1, -0.05) is 0 Å². The summed E-state index contributed by atoms with van der Waals surface area (Å²) in [4.78, 5) is 0. The second-order valence-electron chi connectivity index (χ2n) is 6.75. The van der Waals surface area contributed by atoms with Crippen molar-refractivity contribution in [2.75, 3.05) is 0 Å². The molecule has 2 aliphatic rings. The Kier molecular flexibility index (Phi) is 6.47. The molecule has 1 fully saturated rings. The molecule has 0 saturated heterocycles. The first-order chi connectivity index (χ1) is 7.27. The third-order valence-corrected chi connectivity index (χ3v) is 5.27. The molecule has 1 unspecified atom stereocenters. The van der Waals surface area contributed by atoms with Gasteiger partial charge >= 0.3 is 116 Å². The summed E-state index contributed by atoms with van der Waals surface area (Å²) in [5.74, 6) is 0. The number of hydrogen-bond donors (Lipinski definition) is 0. The molecule has 101 valence electrons. The summed E-state index contributed by atoms with van der Waals surface area (Å²) in [6.45, 7) is 9.61. The fourth-order valence-electron chi connectivity index (χ4n) is 3.43. The van der Waals surface area contributed by atoms with E-state index < -0.39 is 0 Å². The van der Waals surface area contributed by atoms with Gasteiger partial charge in [0.2, 0.25) is 0 Å². The van der Waals surface area contributed by atoms with E-state index in [0.29, 0.717) is 14.0 Å². The SMILES string of the molecule is C[C]1([Zr+2])C=CC(C2(C(C)(C)C)CCCC2)=C1.[Cl-].[Cl-]. The van der Waals surface area contributed by atoms with E-state index in [1.165, 1.54) is 25.7 Å². The Labute approximate surface area is 140 Å². The minimum Gasteiger partial charge on any atom is -1.00 e. The van der Waals surface area contributed by atoms with Gasteiger partial charge in [-0.15, -0.1) is 0 Å². The fourth-order valence-corrected chi connectivity index (χ4v) is 4.02. The maximum Gasteiger partial charge on any atom is -1.00 e. The predicted molar refractivity (Wildman–Crippen MR) is 65.9 cm³/mol. The van der Waals surface area contributed by atoms with Gasteiger partial charge in [0.25, 0.3) is 0 Å². The summed E-state index contributed by atoms with van der Waals surface area (Å²) in [6, 6.07) is 0. The van der Waals surface area contributed by atoms with E-state index in [9.17, 15) is 0 Å². The zero-order valence-electron chi connectivity index (χ0n) is 11.8. The van der Waals surface area contributed by atoms with Crippen molar-refractivity contribution in [1.82, 2.24) is 0 Å². The molecule has 2 rings (SSSR count). The van der Waals surface area contributed by atoms with Crippen LogP contribution in [0.2, 0.25) is 3.12 Å². The third-order valence-electron chi connectivity index (χ3n) is 4.51. The van der Waals surface area contributed by atoms with Gasteiger partial charge in [0.1, 0.15) is 0 Å². The van der Waals surface area contributed by atoms with Gasteiger partial charge in [-0.25, -0.2) is 0 Å². The maximum atomic E-state index is 2.54. The minimum atomic E-state index is 0. The summed E-state index contributed by atoms with van der Waals surface area (Å²) in [6.07, 6.45) is 13.0. The monoisotopic (exact) mass is 363 g/mol. The zero-order chi connectivity index (χ0) is 12.0. The quantitative estimate of drug-likeness (QED) is 0.549. The van der Waals surface area contributed by atoms with Crippen molar-refractivity contribution in [3.05, 3.63) is 23.8 Å². The normalized spacial score (nSPS) is 29.6. The second kappa shape index (κ2) is 6.15. The van der Waals surface area contributed by atoms with Gasteiger partial charge in [-0.2, -0.15) is 0 Å². The molecule has 2 aliphatic carbocycles. The number of rotatable bonds is 1. The molecule has 0 spiro atoms. The molecule has 0 heterocycles. The molecule has 0 bridgehead atoms. The number of allylic oxidation sites excluding steroid dienone is 4. The van der Waals surface area contributed by atoms with Crippen LogP contribution >= 0.6 is 0 Å². The van der Waals surface area contributed by atoms with Crippen LogP contribution in [0.15, 0.2) is 23.8 Å². The van der Waals surface area contributed by atoms with Gasteiger partial charge in [0.05, 0.1) is 0 Å². The van der Waals surface area contributed by atoms with Crippen molar-refractivity contribution >= 4 is 0 Å². The maximum absolute atomic E-state index is 2.54. The number of hydrogen-bond acceptors (Lipinski definition) is 0. The summed E-state index contributed by atoms with van der Waals surface area (Å²) in [7, 11) is 0. The van der Waals surface area contributed by atoms with Gasteiger partial charge in [0, 0.05) is 0 Å². The molecular formula is C15H23Cl2Zr. The van der Waals surface area contributed by atoms with Crippen LogP contribution in [0, 0.1) is 10.8 Å². The van der Waals surface area contributed by atoms with Crippen LogP contribution in [0.3, 0.4) is 0 Å². The van der Waals surface area contributed by atoms with Crippen molar-refractivity contribution < 1.29 is 49.5 Å². The molecule has 0 nitrogen and oxygen atoms in total. The molecule has 0 radical (unpaired) electrons. The van der Waals surface area contributed by atoms with Crippen molar-refractivity contribution in [3.63, 3.8) is 0 Å². The third kappa shape index (κ3) is 3.33. The summed E-state index contributed by atoms with van der Waals surface area (Å²) in [5, 5.41) is 0. The molecule has 0 aromatic carbocycles. The zero-order valence-corrected chi connectivity index (χ0v) is 15.8. The molecule has 0 aromatic rings. The average molecular weight is 365 g/mol. The summed E-state index contributed by atoms with van der Waals surface area (Å²) in [5.41, 5.74) is 2.49. The smallest absolute Gasteiger partial charge is 1.00 e. The molecule has 1 saturated carbocycles. The van der Waals surface area contributed by atoms with Crippen LogP contribution in [0.25, 0.3) is 0 Å².